The molecule has 348 valence electrons. The molecular formula is C49H58ClF2N4O7PS. The fraction of sp³-hybridized carbons (Fsp3) is 0.531. The van der Waals surface area contributed by atoms with E-state index in [-0.39, 0.29) is 55.0 Å². The average molecular weight is 952 g/mol. The predicted molar refractivity (Wildman–Crippen MR) is 250 cm³/mol. The van der Waals surface area contributed by atoms with Gasteiger partial charge in [0.2, 0.25) is 13.3 Å². The van der Waals surface area contributed by atoms with Gasteiger partial charge in [-0.05, 0) is 75.6 Å². The molecule has 2 aromatic carbocycles. The maximum atomic E-state index is 15.0. The van der Waals surface area contributed by atoms with Crippen molar-refractivity contribution < 1.29 is 42.1 Å². The predicted octanol–water partition coefficient (Wildman–Crippen LogP) is 11.3. The van der Waals surface area contributed by atoms with Gasteiger partial charge in [-0.2, -0.15) is 0 Å². The van der Waals surface area contributed by atoms with Gasteiger partial charge in [0, 0.05) is 60.0 Å². The summed E-state index contributed by atoms with van der Waals surface area (Å²) in [5.74, 6) is -2.58. The smallest absolute Gasteiger partial charge is 0.226 e. The van der Waals surface area contributed by atoms with Gasteiger partial charge in [-0.3, -0.25) is 18.9 Å². The van der Waals surface area contributed by atoms with Crippen molar-refractivity contribution in [2.75, 3.05) is 19.0 Å². The molecule has 11 nitrogen and oxygen atoms in total. The summed E-state index contributed by atoms with van der Waals surface area (Å²) in [7, 11) is -2.96. The number of methoxy groups -OCH3 is 1. The molecule has 8 rings (SSSR count). The first-order valence-electron chi connectivity index (χ1n) is 23.0. The summed E-state index contributed by atoms with van der Waals surface area (Å²) in [6.45, 7) is 4.05. The van der Waals surface area contributed by atoms with E-state index in [9.17, 15) is 27.8 Å². The number of halogens is 3. The van der Waals surface area contributed by atoms with Crippen molar-refractivity contribution in [3.05, 3.63) is 76.2 Å². The fourth-order valence-electron chi connectivity index (χ4n) is 10.2. The lowest BCUT2D eigenvalue weighted by Crippen LogP contribution is -2.45. The minimum absolute atomic E-state index is 0.0122. The highest BCUT2D eigenvalue weighted by molar-refractivity contribution is 7.59. The molecule has 3 fully saturated rings. The second-order valence-electron chi connectivity index (χ2n) is 18.8. The van der Waals surface area contributed by atoms with E-state index in [1.807, 2.05) is 31.4 Å². The van der Waals surface area contributed by atoms with E-state index in [2.05, 4.69) is 5.32 Å². The van der Waals surface area contributed by atoms with Crippen molar-refractivity contribution in [3.8, 4) is 22.9 Å². The number of hydrogen-bond acceptors (Lipinski definition) is 10. The number of anilines is 1. The summed E-state index contributed by atoms with van der Waals surface area (Å²) in [4.78, 5) is 66.8. The Morgan fingerprint density at radius 2 is 1.78 bits per heavy atom. The molecule has 6 atom stereocenters. The molecule has 4 aromatic rings. The minimum Gasteiger partial charge on any atom is -0.495 e. The molecular weight excluding hydrogens is 893 g/mol. The highest BCUT2D eigenvalue weighted by atomic mass is 35.5. The Hall–Kier alpha value is -4.23. The van der Waals surface area contributed by atoms with E-state index in [1.165, 1.54) is 29.4 Å². The zero-order chi connectivity index (χ0) is 46.0. The zero-order valence-electron chi connectivity index (χ0n) is 37.2. The topological polar surface area (TPSA) is 148 Å². The van der Waals surface area contributed by atoms with E-state index >= 15 is 4.79 Å². The van der Waals surface area contributed by atoms with Crippen LogP contribution in [0.15, 0.2) is 53.9 Å². The second kappa shape index (κ2) is 19.9. The molecule has 2 saturated carbocycles. The number of rotatable bonds is 13. The number of allylic oxidation sites excluding steroid dienone is 2. The zero-order valence-corrected chi connectivity index (χ0v) is 39.7. The highest BCUT2D eigenvalue weighted by Crippen LogP contribution is 2.74. The van der Waals surface area contributed by atoms with Crippen molar-refractivity contribution in [1.82, 2.24) is 14.9 Å². The quantitative estimate of drug-likeness (QED) is 0.0980. The maximum absolute atomic E-state index is 15.0. The van der Waals surface area contributed by atoms with E-state index in [1.54, 1.807) is 18.2 Å². The number of carbonyl (C=O) groups excluding carboxylic acids is 3. The summed E-state index contributed by atoms with van der Waals surface area (Å²) in [5.41, 5.74) is 0.982. The van der Waals surface area contributed by atoms with Gasteiger partial charge in [0.05, 0.1) is 42.2 Å². The Labute approximate surface area is 388 Å². The first kappa shape index (κ1) is 47.3. The Morgan fingerprint density at radius 1 is 1.03 bits per heavy atom. The number of amides is 1. The third-order valence-electron chi connectivity index (χ3n) is 13.8. The van der Waals surface area contributed by atoms with Gasteiger partial charge in [0.25, 0.3) is 0 Å². The number of aromatic nitrogens is 2. The summed E-state index contributed by atoms with van der Waals surface area (Å²) in [6.07, 6.45) is 10.4. The molecule has 4 aliphatic rings. The Kier molecular flexibility index (Phi) is 14.5. The van der Waals surface area contributed by atoms with Crippen molar-refractivity contribution in [1.29, 1.82) is 0 Å². The maximum Gasteiger partial charge on any atom is 0.226 e. The van der Waals surface area contributed by atoms with Crippen LogP contribution in [0.5, 0.6) is 11.5 Å². The van der Waals surface area contributed by atoms with Crippen molar-refractivity contribution >= 4 is 63.8 Å². The summed E-state index contributed by atoms with van der Waals surface area (Å²) < 4.78 is 56.9. The van der Waals surface area contributed by atoms with Gasteiger partial charge in [0.1, 0.15) is 45.7 Å². The van der Waals surface area contributed by atoms with Gasteiger partial charge in [-0.25, -0.2) is 18.7 Å². The van der Waals surface area contributed by atoms with Gasteiger partial charge < -0.3 is 24.6 Å². The Bertz CT molecular complexity index is 2490. The van der Waals surface area contributed by atoms with Gasteiger partial charge in [0.15, 0.2) is 10.9 Å². The number of Topliss-reactive ketones (excluding diaryl/α,β-unsaturated/α-hetero) is 2. The standard InChI is InChI=1S/C49H58ClF2N4O7PS/c1-29(2)53-48-55-40(28-65-48)39-23-44(35-18-19-43(62-3)45(50)46(35)54-39)63-34-22-41-42(58)25-49(64(60,61)27-36-37(51)16-11-17-38(36)52)24-32(49)15-8-6-4-5-7-14-31(47(59)56(41)26-34)21-33(57)20-30-12-9-10-13-30/h8,11,15-19,23,28-32,34,41H,4-7,9-10,12-14,20-22,24-27H2,1-3H3,(H,53,55)(H,60,61)/b15-8-/t31-,32-,34-,41+,49-/m1/s1. The normalized spacial score (nSPS) is 25.7. The number of carbonyl (C=O) groups is 3. The number of thiazole rings is 1. The number of pyridine rings is 1. The SMILES string of the molecule is COc1ccc2c(O[C@@H]3C[C@H]4C(=O)C[C@]5(P(=O)(O)Cc6c(F)cccc6F)C[C@H]5/C=C\CCCCC[C@H](CC(=O)CC5CCCC5)C(=O)N4C3)cc(-c3csc(NC(C)C)n3)nc2c1Cl. The van der Waals surface area contributed by atoms with Crippen LogP contribution in [0.2, 0.25) is 5.02 Å². The molecule has 0 spiro atoms. The van der Waals surface area contributed by atoms with E-state index in [0.29, 0.717) is 70.5 Å². The van der Waals surface area contributed by atoms with Gasteiger partial charge in [-0.15, -0.1) is 11.3 Å². The molecule has 1 unspecified atom stereocenters. The van der Waals surface area contributed by atoms with Crippen molar-refractivity contribution in [2.45, 2.75) is 133 Å². The lowest BCUT2D eigenvalue weighted by molar-refractivity contribution is -0.142. The molecule has 1 amide bonds. The molecule has 2 aliphatic heterocycles. The Morgan fingerprint density at radius 3 is 2.52 bits per heavy atom. The van der Waals surface area contributed by atoms with Crippen LogP contribution in [0.3, 0.4) is 0 Å². The first-order chi connectivity index (χ1) is 31.2. The van der Waals surface area contributed by atoms with Crippen LogP contribution < -0.4 is 14.8 Å². The van der Waals surface area contributed by atoms with Gasteiger partial charge in [-0.1, -0.05) is 68.3 Å². The van der Waals surface area contributed by atoms with Crippen molar-refractivity contribution in [2.24, 2.45) is 17.8 Å². The van der Waals surface area contributed by atoms with Crippen LogP contribution in [-0.2, 0) is 25.1 Å². The molecule has 2 aliphatic carbocycles. The third-order valence-corrected chi connectivity index (χ3v) is 17.7. The van der Waals surface area contributed by atoms with Crippen LogP contribution in [-0.4, -0.2) is 74.2 Å². The molecule has 65 heavy (non-hydrogen) atoms. The van der Waals surface area contributed by atoms with E-state index in [4.69, 9.17) is 31.0 Å². The molecule has 0 bridgehead atoms. The number of benzene rings is 2. The summed E-state index contributed by atoms with van der Waals surface area (Å²) >= 11 is 8.32. The molecule has 16 heteroatoms. The fourth-order valence-corrected chi connectivity index (χ4v) is 13.9. The number of fused-ring (bicyclic) bond motifs is 3. The van der Waals surface area contributed by atoms with Crippen LogP contribution in [0, 0.1) is 29.4 Å². The van der Waals surface area contributed by atoms with Crippen LogP contribution >= 0.6 is 30.3 Å². The number of nitrogens with one attached hydrogen (secondary N) is 1. The number of hydrogen-bond donors (Lipinski definition) is 2. The van der Waals surface area contributed by atoms with E-state index in [0.717, 1.165) is 50.7 Å². The minimum atomic E-state index is -4.47. The highest BCUT2D eigenvalue weighted by Gasteiger charge is 2.65. The molecule has 2 aromatic heterocycles. The molecule has 0 radical (unpaired) electrons. The lowest BCUT2D eigenvalue weighted by atomic mass is 9.89. The van der Waals surface area contributed by atoms with E-state index < -0.39 is 65.6 Å². The number of ether oxygens (including phenoxy) is 2. The van der Waals surface area contributed by atoms with Gasteiger partial charge >= 0.3 is 0 Å². The Balaban J connectivity index is 1.15. The number of ketones is 2. The average Bonchev–Trinajstić information content (AvgIpc) is 3.68. The monoisotopic (exact) mass is 950 g/mol. The summed E-state index contributed by atoms with van der Waals surface area (Å²) in [5, 5.41) is 5.26. The van der Waals surface area contributed by atoms with Crippen molar-refractivity contribution in [3.63, 3.8) is 0 Å². The molecule has 2 N–H and O–H groups in total. The number of nitrogens with zero attached hydrogens (tertiary/aromatic N) is 3. The first-order valence-corrected chi connectivity index (χ1v) is 26.1. The third kappa shape index (κ3) is 10.4. The lowest BCUT2D eigenvalue weighted by Gasteiger charge is -2.30. The molecule has 4 heterocycles. The largest absolute Gasteiger partial charge is 0.495 e. The van der Waals surface area contributed by atoms with Crippen LogP contribution in [0.25, 0.3) is 22.3 Å². The summed E-state index contributed by atoms with van der Waals surface area (Å²) in [6, 6.07) is 7.67. The van der Waals surface area contributed by atoms with Crippen LogP contribution in [0.1, 0.15) is 109 Å². The van der Waals surface area contributed by atoms with Crippen LogP contribution in [0.4, 0.5) is 13.9 Å². The molecule has 1 saturated heterocycles. The second-order valence-corrected chi connectivity index (χ2v) is 22.6.